The largest absolute Gasteiger partial charge is 0.307 e. The van der Waals surface area contributed by atoms with E-state index >= 15 is 0 Å². The highest BCUT2D eigenvalue weighted by atomic mass is 79.9. The molecule has 0 atom stereocenters. The molecule has 0 radical (unpaired) electrons. The maximum Gasteiger partial charge on any atom is 0.284 e. The average Bonchev–Trinajstić information content (AvgIpc) is 2.87. The van der Waals surface area contributed by atoms with E-state index in [4.69, 9.17) is 0 Å². The number of nitro benzene ring substituents is 1. The third-order valence-corrected chi connectivity index (χ3v) is 3.48. The van der Waals surface area contributed by atoms with Crippen LogP contribution in [0.25, 0.3) is 0 Å². The number of amides is 1. The Kier molecular flexibility index (Phi) is 4.37. The van der Waals surface area contributed by atoms with Crippen LogP contribution in [0, 0.1) is 10.1 Å². The van der Waals surface area contributed by atoms with Crippen LogP contribution in [-0.2, 0) is 0 Å². The Morgan fingerprint density at radius 3 is 2.76 bits per heavy atom. The third-order valence-electron chi connectivity index (χ3n) is 2.81. The molecule has 0 aliphatic rings. The zero-order chi connectivity index (χ0) is 15.6. The van der Waals surface area contributed by atoms with Crippen molar-refractivity contribution in [2.24, 2.45) is 0 Å². The number of nitro groups is 1. The molecule has 2 rings (SSSR count). The van der Waals surface area contributed by atoms with E-state index < -0.39 is 10.8 Å². The van der Waals surface area contributed by atoms with Crippen LogP contribution >= 0.6 is 15.9 Å². The molecule has 0 unspecified atom stereocenters. The summed E-state index contributed by atoms with van der Waals surface area (Å²) in [7, 11) is 0. The number of rotatable bonds is 4. The SMILES string of the molecule is CC(C)n1nccc1NC(=O)c1ccc(Br)c([N+](=O)[O-])c1. The summed E-state index contributed by atoms with van der Waals surface area (Å²) in [5, 5.41) is 17.7. The second-order valence-corrected chi connectivity index (χ2v) is 5.49. The molecule has 0 aliphatic carbocycles. The number of aromatic nitrogens is 2. The fourth-order valence-electron chi connectivity index (χ4n) is 1.81. The van der Waals surface area contributed by atoms with E-state index in [0.29, 0.717) is 10.3 Å². The number of hydrogen-bond donors (Lipinski definition) is 1. The van der Waals surface area contributed by atoms with Gasteiger partial charge in [0.1, 0.15) is 5.82 Å². The third kappa shape index (κ3) is 3.27. The molecule has 0 aliphatic heterocycles. The lowest BCUT2D eigenvalue weighted by molar-refractivity contribution is -0.385. The lowest BCUT2D eigenvalue weighted by atomic mass is 10.2. The molecular formula is C13H13BrN4O3. The van der Waals surface area contributed by atoms with Crippen LogP contribution in [-0.4, -0.2) is 20.6 Å². The van der Waals surface area contributed by atoms with Crippen LogP contribution in [0.15, 0.2) is 34.9 Å². The summed E-state index contributed by atoms with van der Waals surface area (Å²) >= 11 is 3.08. The minimum atomic E-state index is -0.542. The Bertz CT molecular complexity index is 696. The predicted molar refractivity (Wildman–Crippen MR) is 81.4 cm³/mol. The van der Waals surface area contributed by atoms with Gasteiger partial charge in [0.25, 0.3) is 11.6 Å². The number of nitrogens with one attached hydrogen (secondary N) is 1. The second kappa shape index (κ2) is 6.04. The summed E-state index contributed by atoms with van der Waals surface area (Å²) in [6.45, 7) is 3.88. The van der Waals surface area contributed by atoms with E-state index in [0.717, 1.165) is 0 Å². The zero-order valence-electron chi connectivity index (χ0n) is 11.4. The van der Waals surface area contributed by atoms with Crippen molar-refractivity contribution in [2.45, 2.75) is 19.9 Å². The quantitative estimate of drug-likeness (QED) is 0.674. The molecule has 0 bridgehead atoms. The molecule has 2 aromatic rings. The highest BCUT2D eigenvalue weighted by Crippen LogP contribution is 2.26. The van der Waals surface area contributed by atoms with Gasteiger partial charge in [0.05, 0.1) is 15.6 Å². The van der Waals surface area contributed by atoms with Crippen molar-refractivity contribution in [3.63, 3.8) is 0 Å². The minimum absolute atomic E-state index is 0.0922. The van der Waals surface area contributed by atoms with Gasteiger partial charge in [-0.05, 0) is 41.9 Å². The minimum Gasteiger partial charge on any atom is -0.307 e. The molecule has 8 heteroatoms. The van der Waals surface area contributed by atoms with Crippen molar-refractivity contribution in [1.29, 1.82) is 0 Å². The van der Waals surface area contributed by atoms with Gasteiger partial charge in [-0.3, -0.25) is 14.9 Å². The number of carbonyl (C=O) groups excluding carboxylic acids is 1. The monoisotopic (exact) mass is 352 g/mol. The summed E-state index contributed by atoms with van der Waals surface area (Å²) in [4.78, 5) is 22.5. The van der Waals surface area contributed by atoms with E-state index in [1.165, 1.54) is 18.2 Å². The number of hydrogen-bond acceptors (Lipinski definition) is 4. The molecule has 1 aromatic carbocycles. The first kappa shape index (κ1) is 15.2. The van der Waals surface area contributed by atoms with E-state index in [1.54, 1.807) is 16.9 Å². The van der Waals surface area contributed by atoms with Crippen molar-refractivity contribution >= 4 is 33.3 Å². The molecule has 21 heavy (non-hydrogen) atoms. The van der Waals surface area contributed by atoms with E-state index in [-0.39, 0.29) is 17.3 Å². The first-order valence-corrected chi connectivity index (χ1v) is 6.98. The number of carbonyl (C=O) groups is 1. The summed E-state index contributed by atoms with van der Waals surface area (Å²) in [6.07, 6.45) is 1.58. The lowest BCUT2D eigenvalue weighted by Crippen LogP contribution is -2.16. The predicted octanol–water partition coefficient (Wildman–Crippen LogP) is 3.39. The Hall–Kier alpha value is -2.22. The fourth-order valence-corrected chi connectivity index (χ4v) is 2.20. The van der Waals surface area contributed by atoms with Gasteiger partial charge in [0.15, 0.2) is 0 Å². The molecule has 0 fully saturated rings. The molecule has 0 saturated heterocycles. The molecule has 1 aromatic heterocycles. The molecule has 0 spiro atoms. The molecule has 1 amide bonds. The Labute approximate surface area is 129 Å². The summed E-state index contributed by atoms with van der Waals surface area (Å²) < 4.78 is 1.99. The van der Waals surface area contributed by atoms with Gasteiger partial charge in [-0.1, -0.05) is 0 Å². The van der Waals surface area contributed by atoms with Gasteiger partial charge >= 0.3 is 0 Å². The molecular weight excluding hydrogens is 340 g/mol. The Balaban J connectivity index is 2.27. The highest BCUT2D eigenvalue weighted by molar-refractivity contribution is 9.10. The first-order valence-electron chi connectivity index (χ1n) is 6.19. The molecule has 1 N–H and O–H groups in total. The maximum atomic E-state index is 12.2. The average molecular weight is 353 g/mol. The smallest absolute Gasteiger partial charge is 0.284 e. The van der Waals surface area contributed by atoms with Crippen molar-refractivity contribution in [2.75, 3.05) is 5.32 Å². The number of benzene rings is 1. The first-order chi connectivity index (χ1) is 9.90. The van der Waals surface area contributed by atoms with E-state index in [9.17, 15) is 14.9 Å². The lowest BCUT2D eigenvalue weighted by Gasteiger charge is -2.11. The van der Waals surface area contributed by atoms with Crippen LogP contribution in [0.1, 0.15) is 30.2 Å². The van der Waals surface area contributed by atoms with Crippen LogP contribution < -0.4 is 5.32 Å². The fraction of sp³-hybridized carbons (Fsp3) is 0.231. The number of halogens is 1. The van der Waals surface area contributed by atoms with E-state index in [1.807, 2.05) is 13.8 Å². The van der Waals surface area contributed by atoms with Gasteiger partial charge in [0.2, 0.25) is 0 Å². The molecule has 7 nitrogen and oxygen atoms in total. The molecule has 110 valence electrons. The van der Waals surface area contributed by atoms with Crippen LogP contribution in [0.5, 0.6) is 0 Å². The van der Waals surface area contributed by atoms with Crippen molar-refractivity contribution < 1.29 is 9.72 Å². The van der Waals surface area contributed by atoms with Crippen molar-refractivity contribution in [3.8, 4) is 0 Å². The normalized spacial score (nSPS) is 10.7. The van der Waals surface area contributed by atoms with Crippen LogP contribution in [0.3, 0.4) is 0 Å². The second-order valence-electron chi connectivity index (χ2n) is 4.63. The van der Waals surface area contributed by atoms with Crippen molar-refractivity contribution in [3.05, 3.63) is 50.6 Å². The van der Waals surface area contributed by atoms with Gasteiger partial charge in [-0.25, -0.2) is 4.68 Å². The Morgan fingerprint density at radius 2 is 2.14 bits per heavy atom. The maximum absolute atomic E-state index is 12.2. The van der Waals surface area contributed by atoms with Gasteiger partial charge < -0.3 is 5.32 Å². The standard InChI is InChI=1S/C13H13BrN4O3/c1-8(2)17-12(5-6-15-17)16-13(19)9-3-4-10(14)11(7-9)18(20)21/h3-8H,1-2H3,(H,16,19). The van der Waals surface area contributed by atoms with Crippen LogP contribution in [0.4, 0.5) is 11.5 Å². The summed E-state index contributed by atoms with van der Waals surface area (Å²) in [6, 6.07) is 5.99. The highest BCUT2D eigenvalue weighted by Gasteiger charge is 2.17. The molecule has 1 heterocycles. The van der Waals surface area contributed by atoms with E-state index in [2.05, 4.69) is 26.3 Å². The zero-order valence-corrected chi connectivity index (χ0v) is 13.0. The topological polar surface area (TPSA) is 90.1 Å². The summed E-state index contributed by atoms with van der Waals surface area (Å²) in [5.74, 6) is 0.119. The number of nitrogens with zero attached hydrogens (tertiary/aromatic N) is 3. The Morgan fingerprint density at radius 1 is 1.43 bits per heavy atom. The van der Waals surface area contributed by atoms with Gasteiger partial charge in [0, 0.05) is 23.7 Å². The number of anilines is 1. The van der Waals surface area contributed by atoms with Gasteiger partial charge in [-0.15, -0.1) is 0 Å². The summed E-state index contributed by atoms with van der Waals surface area (Å²) in [5.41, 5.74) is 0.0569. The van der Waals surface area contributed by atoms with Gasteiger partial charge in [-0.2, -0.15) is 5.10 Å². The molecule has 0 saturated carbocycles. The van der Waals surface area contributed by atoms with Crippen molar-refractivity contribution in [1.82, 2.24) is 9.78 Å². The van der Waals surface area contributed by atoms with Crippen LogP contribution in [0.2, 0.25) is 0 Å².